The number of hydrogen-bond donors (Lipinski definition) is 2. The molecule has 1 aromatic rings. The Hall–Kier alpha value is -2.40. The molecule has 2 N–H and O–H groups in total. The summed E-state index contributed by atoms with van der Waals surface area (Å²) < 4.78 is 6.93. The monoisotopic (exact) mass is 489 g/mol. The Morgan fingerprint density at radius 3 is 2.58 bits per heavy atom. The summed E-state index contributed by atoms with van der Waals surface area (Å²) in [5.74, 6) is 0.520. The molecule has 5 heteroatoms. The lowest BCUT2D eigenvalue weighted by molar-refractivity contribution is -0.137. The van der Waals surface area contributed by atoms with Crippen LogP contribution in [-0.4, -0.2) is 28.6 Å². The average molecular weight is 490 g/mol. The number of hydrogen-bond acceptors (Lipinski definition) is 4. The molecule has 11 atom stereocenters. The van der Waals surface area contributed by atoms with E-state index >= 15 is 0 Å². The summed E-state index contributed by atoms with van der Waals surface area (Å²) in [4.78, 5) is 27.5. The molecule has 192 valence electrons. The molecule has 3 aliphatic carbocycles. The highest BCUT2D eigenvalue weighted by Crippen LogP contribution is 2.67. The lowest BCUT2D eigenvalue weighted by atomic mass is 9.55. The van der Waals surface area contributed by atoms with Crippen LogP contribution < -0.4 is 10.1 Å². The van der Waals surface area contributed by atoms with E-state index in [-0.39, 0.29) is 53.8 Å². The summed E-state index contributed by atoms with van der Waals surface area (Å²) >= 11 is 0. The van der Waals surface area contributed by atoms with Crippen molar-refractivity contribution in [3.8, 4) is 5.75 Å². The molecule has 1 aromatic carbocycles. The third kappa shape index (κ3) is 3.38. The first-order valence-corrected chi connectivity index (χ1v) is 13.7. The number of amides is 1. The largest absolute Gasteiger partial charge is 0.490 e. The minimum atomic E-state index is -1.42. The fraction of sp³-hybridized carbons (Fsp3) is 0.613. The Bertz CT molecular complexity index is 1140. The predicted octanol–water partition coefficient (Wildman–Crippen LogP) is 4.70. The van der Waals surface area contributed by atoms with Crippen LogP contribution in [0.4, 0.5) is 0 Å². The van der Waals surface area contributed by atoms with Crippen molar-refractivity contribution in [2.75, 3.05) is 0 Å². The van der Waals surface area contributed by atoms with Crippen molar-refractivity contribution in [2.24, 2.45) is 52.8 Å². The second kappa shape index (κ2) is 8.05. The molecule has 7 rings (SSSR count). The van der Waals surface area contributed by atoms with E-state index in [1.165, 1.54) is 5.57 Å². The van der Waals surface area contributed by atoms with Gasteiger partial charge in [0, 0.05) is 36.5 Å². The SMILES string of the molecule is C=C[C@@H]1C=C(C)[C@@H]2[C@@H]3[C@H](Oc4ccc(cc4)C[C@@]4(O)C[C@@H](C(=O)N4)C(=O)[C@H]13)[C@@H]1[C@H](C)C[C@H](C)C[C@@]12C. The van der Waals surface area contributed by atoms with Crippen LogP contribution in [0.2, 0.25) is 0 Å². The topological polar surface area (TPSA) is 75.6 Å². The molecular weight excluding hydrogens is 450 g/mol. The van der Waals surface area contributed by atoms with Crippen LogP contribution in [0.25, 0.3) is 0 Å². The summed E-state index contributed by atoms with van der Waals surface area (Å²) in [5, 5.41) is 14.1. The Morgan fingerprint density at radius 2 is 1.89 bits per heavy atom. The molecule has 3 heterocycles. The third-order valence-corrected chi connectivity index (χ3v) is 10.4. The van der Waals surface area contributed by atoms with E-state index < -0.39 is 17.6 Å². The second-order valence-electron chi connectivity index (χ2n) is 12.9. The van der Waals surface area contributed by atoms with Crippen molar-refractivity contribution in [1.82, 2.24) is 5.32 Å². The molecule has 6 aliphatic rings. The number of ketones is 1. The van der Waals surface area contributed by atoms with Gasteiger partial charge < -0.3 is 15.2 Å². The molecule has 0 radical (unpaired) electrons. The smallest absolute Gasteiger partial charge is 0.232 e. The van der Waals surface area contributed by atoms with Crippen LogP contribution in [0, 0.1) is 52.8 Å². The summed E-state index contributed by atoms with van der Waals surface area (Å²) in [7, 11) is 0. The van der Waals surface area contributed by atoms with Gasteiger partial charge in [0.2, 0.25) is 5.91 Å². The molecular formula is C31H39NO4. The van der Waals surface area contributed by atoms with Crippen LogP contribution in [0.15, 0.2) is 48.6 Å². The van der Waals surface area contributed by atoms with Crippen molar-refractivity contribution in [1.29, 1.82) is 0 Å². The average Bonchev–Trinajstić information content (AvgIpc) is 3.24. The minimum Gasteiger partial charge on any atom is -0.490 e. The molecule has 4 bridgehead atoms. The van der Waals surface area contributed by atoms with E-state index in [4.69, 9.17) is 4.74 Å². The van der Waals surface area contributed by atoms with Gasteiger partial charge in [-0.25, -0.2) is 0 Å². The zero-order chi connectivity index (χ0) is 25.6. The van der Waals surface area contributed by atoms with Crippen molar-refractivity contribution in [3.63, 3.8) is 0 Å². The van der Waals surface area contributed by atoms with Crippen molar-refractivity contribution >= 4 is 11.7 Å². The number of aliphatic hydroxyl groups is 1. The van der Waals surface area contributed by atoms with Gasteiger partial charge in [0.05, 0.1) is 0 Å². The normalized spacial score (nSPS) is 47.4. The van der Waals surface area contributed by atoms with Crippen LogP contribution in [0.3, 0.4) is 0 Å². The summed E-state index contributed by atoms with van der Waals surface area (Å²) in [6, 6.07) is 7.92. The fourth-order valence-electron chi connectivity index (χ4n) is 9.61. The molecule has 3 aliphatic heterocycles. The van der Waals surface area contributed by atoms with E-state index in [1.54, 1.807) is 0 Å². The van der Waals surface area contributed by atoms with E-state index in [2.05, 4.69) is 45.7 Å². The molecule has 0 spiro atoms. The fourth-order valence-corrected chi connectivity index (χ4v) is 9.61. The third-order valence-electron chi connectivity index (χ3n) is 10.4. The van der Waals surface area contributed by atoms with Crippen LogP contribution in [0.1, 0.15) is 52.5 Å². The van der Waals surface area contributed by atoms with E-state index in [0.717, 1.165) is 24.2 Å². The Kier molecular flexibility index (Phi) is 5.36. The molecule has 2 saturated carbocycles. The Morgan fingerprint density at radius 1 is 1.17 bits per heavy atom. The van der Waals surface area contributed by atoms with Gasteiger partial charge in [-0.15, -0.1) is 6.58 Å². The van der Waals surface area contributed by atoms with Gasteiger partial charge in [0.1, 0.15) is 29.3 Å². The van der Waals surface area contributed by atoms with Gasteiger partial charge in [-0.2, -0.15) is 0 Å². The van der Waals surface area contributed by atoms with Gasteiger partial charge in [0.15, 0.2) is 0 Å². The van der Waals surface area contributed by atoms with Crippen molar-refractivity contribution < 1.29 is 19.4 Å². The Balaban J connectivity index is 1.56. The van der Waals surface area contributed by atoms with Crippen molar-refractivity contribution in [2.45, 2.75) is 65.2 Å². The van der Waals surface area contributed by atoms with E-state index in [9.17, 15) is 14.7 Å². The lowest BCUT2D eigenvalue weighted by Gasteiger charge is -2.48. The summed E-state index contributed by atoms with van der Waals surface area (Å²) in [6.45, 7) is 13.5. The van der Waals surface area contributed by atoms with Gasteiger partial charge in [-0.3, -0.25) is 9.59 Å². The van der Waals surface area contributed by atoms with Crippen LogP contribution in [-0.2, 0) is 16.0 Å². The molecule has 3 fully saturated rings. The molecule has 1 amide bonds. The zero-order valence-corrected chi connectivity index (χ0v) is 21.9. The van der Waals surface area contributed by atoms with Gasteiger partial charge in [-0.05, 0) is 60.6 Å². The highest BCUT2D eigenvalue weighted by molar-refractivity contribution is 6.04. The lowest BCUT2D eigenvalue weighted by Crippen LogP contribution is -2.46. The van der Waals surface area contributed by atoms with Crippen LogP contribution in [0.5, 0.6) is 5.75 Å². The second-order valence-corrected chi connectivity index (χ2v) is 12.9. The molecule has 0 unspecified atom stereocenters. The number of carbonyl (C=O) groups is 2. The summed E-state index contributed by atoms with van der Waals surface area (Å²) in [5.41, 5.74) is 0.815. The number of ether oxygens (including phenoxy) is 1. The maximum absolute atomic E-state index is 14.4. The maximum atomic E-state index is 14.4. The number of carbonyl (C=O) groups excluding carboxylic acids is 2. The van der Waals surface area contributed by atoms with E-state index in [0.29, 0.717) is 17.8 Å². The van der Waals surface area contributed by atoms with Gasteiger partial charge >= 0.3 is 0 Å². The number of benzene rings is 1. The highest BCUT2D eigenvalue weighted by Gasteiger charge is 2.67. The van der Waals surface area contributed by atoms with Gasteiger partial charge in [-0.1, -0.05) is 50.6 Å². The molecule has 5 nitrogen and oxygen atoms in total. The van der Waals surface area contributed by atoms with E-state index in [1.807, 2.05) is 30.3 Å². The number of rotatable bonds is 1. The summed E-state index contributed by atoms with van der Waals surface area (Å²) in [6.07, 6.45) is 6.62. The standard InChI is InChI=1S/C31H39NO4/c1-6-20-12-18(4)25-24-23(20)27(33)22-15-31(35,32-29(22)34)14-19-7-9-21(10-8-19)36-28(24)26-17(3)11-16(2)13-30(25,26)5/h6-10,12,16-17,20,22-26,28,35H,1,11,13-15H2,2-5H3,(H,32,34)/t16-,17+,20+,22+,23+,24+,25+,26-,28-,30+,31+/m0/s1. The zero-order valence-electron chi connectivity index (χ0n) is 21.9. The number of allylic oxidation sites excluding steroid dienone is 3. The van der Waals surface area contributed by atoms with Gasteiger partial charge in [0.25, 0.3) is 0 Å². The van der Waals surface area contributed by atoms with Crippen molar-refractivity contribution in [3.05, 3.63) is 54.1 Å². The highest BCUT2D eigenvalue weighted by atomic mass is 16.5. The number of nitrogens with one attached hydrogen (secondary N) is 1. The number of fused-ring (bicyclic) bond motifs is 4. The molecule has 0 aromatic heterocycles. The Labute approximate surface area is 214 Å². The quantitative estimate of drug-likeness (QED) is 0.443. The number of Topliss-reactive ketones (excluding diaryl/α,β-unsaturated/α-hetero) is 1. The first-order chi connectivity index (χ1) is 17.0. The first-order valence-electron chi connectivity index (χ1n) is 13.7. The maximum Gasteiger partial charge on any atom is 0.232 e. The first kappa shape index (κ1) is 24.0. The predicted molar refractivity (Wildman–Crippen MR) is 138 cm³/mol. The minimum absolute atomic E-state index is 0.00729. The molecule has 1 saturated heterocycles. The van der Waals surface area contributed by atoms with Crippen LogP contribution >= 0.6 is 0 Å². The molecule has 36 heavy (non-hydrogen) atoms.